The first-order chi connectivity index (χ1) is 9.74. The van der Waals surface area contributed by atoms with Gasteiger partial charge in [0.2, 0.25) is 5.91 Å². The lowest BCUT2D eigenvalue weighted by atomic mass is 10.0. The van der Waals surface area contributed by atoms with E-state index in [9.17, 15) is 4.79 Å². The summed E-state index contributed by atoms with van der Waals surface area (Å²) in [5, 5.41) is 13.9. The van der Waals surface area contributed by atoms with Crippen LogP contribution in [0.4, 0.5) is 0 Å². The van der Waals surface area contributed by atoms with Crippen molar-refractivity contribution >= 4 is 39.3 Å². The molecule has 2 aromatic carbocycles. The first-order valence-corrected chi connectivity index (χ1v) is 7.25. The zero-order valence-corrected chi connectivity index (χ0v) is 11.8. The van der Waals surface area contributed by atoms with Crippen LogP contribution in [0.3, 0.4) is 0 Å². The molecule has 1 fully saturated rings. The summed E-state index contributed by atoms with van der Waals surface area (Å²) in [6, 6.07) is 14.3. The van der Waals surface area contributed by atoms with Crippen molar-refractivity contribution in [2.75, 3.05) is 5.75 Å². The van der Waals surface area contributed by atoms with Crippen molar-refractivity contribution in [2.24, 2.45) is 10.2 Å². The van der Waals surface area contributed by atoms with Crippen LogP contribution in [-0.4, -0.2) is 22.5 Å². The molecule has 1 saturated heterocycles. The summed E-state index contributed by atoms with van der Waals surface area (Å²) in [5.41, 5.74) is 1.89. The van der Waals surface area contributed by atoms with E-state index in [1.807, 2.05) is 31.2 Å². The topological polar surface area (TPSA) is 53.8 Å². The van der Waals surface area contributed by atoms with E-state index in [1.54, 1.807) is 0 Å². The lowest BCUT2D eigenvalue weighted by molar-refractivity contribution is -0.116. The molecule has 20 heavy (non-hydrogen) atoms. The molecule has 0 bridgehead atoms. The fourth-order valence-electron chi connectivity index (χ4n) is 2.09. The summed E-state index contributed by atoms with van der Waals surface area (Å²) in [7, 11) is 0. The van der Waals surface area contributed by atoms with Crippen LogP contribution in [0.25, 0.3) is 10.8 Å². The van der Waals surface area contributed by atoms with Crippen LogP contribution in [-0.2, 0) is 4.79 Å². The van der Waals surface area contributed by atoms with Crippen molar-refractivity contribution in [3.8, 4) is 0 Å². The minimum atomic E-state index is -0.0215. The quantitative estimate of drug-likeness (QED) is 0.680. The lowest BCUT2D eigenvalue weighted by Crippen LogP contribution is -2.19. The van der Waals surface area contributed by atoms with Gasteiger partial charge >= 0.3 is 0 Å². The van der Waals surface area contributed by atoms with Crippen LogP contribution < -0.4 is 5.32 Å². The number of nitrogens with zero attached hydrogens (tertiary/aromatic N) is 2. The lowest BCUT2D eigenvalue weighted by Gasteiger charge is -2.04. The SMILES string of the molecule is C/C(=N\N=C1\NC(=O)CS1)c1cccc2ccccc12. The fraction of sp³-hybridized carbons (Fsp3) is 0.133. The van der Waals surface area contributed by atoms with E-state index in [0.717, 1.165) is 16.7 Å². The van der Waals surface area contributed by atoms with E-state index in [-0.39, 0.29) is 5.91 Å². The zero-order valence-electron chi connectivity index (χ0n) is 11.0. The predicted molar refractivity (Wildman–Crippen MR) is 84.2 cm³/mol. The highest BCUT2D eigenvalue weighted by atomic mass is 32.2. The third kappa shape index (κ3) is 2.58. The Morgan fingerprint density at radius 2 is 2.00 bits per heavy atom. The number of amides is 1. The summed E-state index contributed by atoms with van der Waals surface area (Å²) in [4.78, 5) is 11.1. The third-order valence-electron chi connectivity index (χ3n) is 3.06. The van der Waals surface area contributed by atoms with E-state index >= 15 is 0 Å². The third-order valence-corrected chi connectivity index (χ3v) is 3.92. The summed E-state index contributed by atoms with van der Waals surface area (Å²) in [5.74, 6) is 0.397. The van der Waals surface area contributed by atoms with Crippen molar-refractivity contribution in [1.82, 2.24) is 5.32 Å². The second kappa shape index (κ2) is 5.46. The molecule has 0 spiro atoms. The molecule has 0 radical (unpaired) electrons. The minimum absolute atomic E-state index is 0.0215. The summed E-state index contributed by atoms with van der Waals surface area (Å²) < 4.78 is 0. The number of benzene rings is 2. The Labute approximate surface area is 121 Å². The molecule has 0 saturated carbocycles. The maximum atomic E-state index is 11.1. The first-order valence-electron chi connectivity index (χ1n) is 6.27. The highest BCUT2D eigenvalue weighted by Crippen LogP contribution is 2.19. The van der Waals surface area contributed by atoms with Gasteiger partial charge in [0.15, 0.2) is 5.17 Å². The number of nitrogens with one attached hydrogen (secondary N) is 1. The van der Waals surface area contributed by atoms with Crippen molar-refractivity contribution in [1.29, 1.82) is 0 Å². The van der Waals surface area contributed by atoms with Crippen molar-refractivity contribution in [3.05, 3.63) is 48.0 Å². The van der Waals surface area contributed by atoms with Gasteiger partial charge in [0.05, 0.1) is 11.5 Å². The molecule has 100 valence electrons. The van der Waals surface area contributed by atoms with Gasteiger partial charge in [-0.2, -0.15) is 5.10 Å². The van der Waals surface area contributed by atoms with Crippen molar-refractivity contribution < 1.29 is 4.79 Å². The first kappa shape index (κ1) is 12.9. The molecule has 1 heterocycles. The molecule has 0 aromatic heterocycles. The molecule has 1 N–H and O–H groups in total. The average Bonchev–Trinajstić information content (AvgIpc) is 2.90. The van der Waals surface area contributed by atoms with Crippen LogP contribution in [0.15, 0.2) is 52.7 Å². The van der Waals surface area contributed by atoms with Gasteiger partial charge in [-0.05, 0) is 17.7 Å². The normalized spacial score (nSPS) is 17.8. The number of thioether (sulfide) groups is 1. The molecule has 0 atom stereocenters. The highest BCUT2D eigenvalue weighted by Gasteiger charge is 2.16. The van der Waals surface area contributed by atoms with E-state index in [4.69, 9.17) is 0 Å². The van der Waals surface area contributed by atoms with Gasteiger partial charge in [0.25, 0.3) is 0 Å². The van der Waals surface area contributed by atoms with Crippen molar-refractivity contribution in [3.63, 3.8) is 0 Å². The van der Waals surface area contributed by atoms with Gasteiger partial charge in [-0.25, -0.2) is 0 Å². The standard InChI is InChI=1S/C15H13N3OS/c1-10(17-18-15-16-14(19)9-20-15)12-8-4-6-11-5-2-3-7-13(11)12/h2-8H,9H2,1H3,(H,16,18,19)/b17-10+. The Bertz CT molecular complexity index is 731. The van der Waals surface area contributed by atoms with Gasteiger partial charge < -0.3 is 5.32 Å². The van der Waals surface area contributed by atoms with Crippen LogP contribution in [0.2, 0.25) is 0 Å². The average molecular weight is 283 g/mol. The molecule has 0 aliphatic carbocycles. The van der Waals surface area contributed by atoms with E-state index in [1.165, 1.54) is 17.1 Å². The number of rotatable bonds is 2. The van der Waals surface area contributed by atoms with E-state index in [0.29, 0.717) is 10.9 Å². The van der Waals surface area contributed by atoms with E-state index in [2.05, 4.69) is 33.7 Å². The summed E-state index contributed by atoms with van der Waals surface area (Å²) in [6.07, 6.45) is 0. The maximum Gasteiger partial charge on any atom is 0.236 e. The fourth-order valence-corrected chi connectivity index (χ4v) is 2.72. The number of carbonyl (C=O) groups excluding carboxylic acids is 1. The molecular weight excluding hydrogens is 270 g/mol. The van der Waals surface area contributed by atoms with Gasteiger partial charge in [0, 0.05) is 5.56 Å². The molecule has 5 heteroatoms. The van der Waals surface area contributed by atoms with Crippen LogP contribution in [0.1, 0.15) is 12.5 Å². The van der Waals surface area contributed by atoms with Gasteiger partial charge in [0.1, 0.15) is 0 Å². The van der Waals surface area contributed by atoms with Gasteiger partial charge in [-0.3, -0.25) is 4.79 Å². The molecule has 0 unspecified atom stereocenters. The monoisotopic (exact) mass is 283 g/mol. The Balaban J connectivity index is 1.96. The molecule has 1 amide bonds. The van der Waals surface area contributed by atoms with Crippen LogP contribution in [0.5, 0.6) is 0 Å². The highest BCUT2D eigenvalue weighted by molar-refractivity contribution is 8.15. The predicted octanol–water partition coefficient (Wildman–Crippen LogP) is 2.78. The second-order valence-electron chi connectivity index (χ2n) is 4.45. The Morgan fingerprint density at radius 1 is 1.20 bits per heavy atom. The van der Waals surface area contributed by atoms with Crippen LogP contribution in [0, 0.1) is 0 Å². The number of amidine groups is 1. The van der Waals surface area contributed by atoms with Crippen molar-refractivity contribution in [2.45, 2.75) is 6.92 Å². The number of hydrogen-bond donors (Lipinski definition) is 1. The molecular formula is C15H13N3OS. The number of fused-ring (bicyclic) bond motifs is 1. The van der Waals surface area contributed by atoms with Gasteiger partial charge in [-0.15, -0.1) is 5.10 Å². The number of carbonyl (C=O) groups is 1. The molecule has 4 nitrogen and oxygen atoms in total. The summed E-state index contributed by atoms with van der Waals surface area (Å²) >= 11 is 1.37. The molecule has 3 rings (SSSR count). The second-order valence-corrected chi connectivity index (χ2v) is 5.42. The largest absolute Gasteiger partial charge is 0.303 e. The minimum Gasteiger partial charge on any atom is -0.303 e. The molecule has 1 aliphatic rings. The summed E-state index contributed by atoms with van der Waals surface area (Å²) in [6.45, 7) is 1.92. The Kier molecular flexibility index (Phi) is 3.52. The Hall–Kier alpha value is -2.14. The maximum absolute atomic E-state index is 11.1. The molecule has 2 aromatic rings. The number of hydrogen-bond acceptors (Lipinski definition) is 4. The zero-order chi connectivity index (χ0) is 13.9. The van der Waals surface area contributed by atoms with E-state index < -0.39 is 0 Å². The smallest absolute Gasteiger partial charge is 0.236 e. The molecule has 1 aliphatic heterocycles. The van der Waals surface area contributed by atoms with Crippen LogP contribution >= 0.6 is 11.8 Å². The van der Waals surface area contributed by atoms with Gasteiger partial charge in [-0.1, -0.05) is 54.2 Å². The Morgan fingerprint density at radius 3 is 2.80 bits per heavy atom.